The summed E-state index contributed by atoms with van der Waals surface area (Å²) in [7, 11) is 0. The fourth-order valence-corrected chi connectivity index (χ4v) is 2.74. The first kappa shape index (κ1) is 17.5. The summed E-state index contributed by atoms with van der Waals surface area (Å²) in [6.07, 6.45) is -2.13. The van der Waals surface area contributed by atoms with E-state index in [-0.39, 0.29) is 35.5 Å². The van der Waals surface area contributed by atoms with Crippen LogP contribution in [0.5, 0.6) is 5.88 Å². The van der Waals surface area contributed by atoms with E-state index in [0.717, 1.165) is 0 Å². The van der Waals surface area contributed by atoms with Gasteiger partial charge in [0.2, 0.25) is 5.88 Å². The number of carboxylic acid groups (broad SMARTS) is 1. The number of alkyl halides is 3. The number of pyridine rings is 1. The second-order valence-electron chi connectivity index (χ2n) is 5.69. The minimum atomic E-state index is -4.13. The lowest BCUT2D eigenvalue weighted by Crippen LogP contribution is -2.12. The Balaban J connectivity index is 1.56. The van der Waals surface area contributed by atoms with Gasteiger partial charge in [0.25, 0.3) is 0 Å². The molecule has 25 heavy (non-hydrogen) atoms. The SMILES string of the molecule is O=C(O)c1ccc(-n2ccc(OCCC3CC3C(F)(F)F)n2)nc1Cl. The number of nitrogens with zero attached hydrogens (tertiary/aromatic N) is 3. The van der Waals surface area contributed by atoms with Gasteiger partial charge in [0, 0.05) is 12.3 Å². The highest BCUT2D eigenvalue weighted by Crippen LogP contribution is 2.51. The number of ether oxygens (including phenoxy) is 1. The van der Waals surface area contributed by atoms with Crippen LogP contribution in [-0.2, 0) is 0 Å². The van der Waals surface area contributed by atoms with Crippen LogP contribution < -0.4 is 4.74 Å². The van der Waals surface area contributed by atoms with Crippen molar-refractivity contribution in [2.45, 2.75) is 19.0 Å². The normalized spacial score (nSPS) is 19.7. The molecule has 1 aliphatic carbocycles. The predicted octanol–water partition coefficient (Wildman–Crippen LogP) is 3.59. The van der Waals surface area contributed by atoms with E-state index in [1.165, 1.54) is 29.1 Å². The van der Waals surface area contributed by atoms with Gasteiger partial charge in [-0.2, -0.15) is 13.2 Å². The van der Waals surface area contributed by atoms with Crippen molar-refractivity contribution >= 4 is 17.6 Å². The van der Waals surface area contributed by atoms with Crippen LogP contribution in [0.25, 0.3) is 5.82 Å². The average Bonchev–Trinajstić information content (AvgIpc) is 3.16. The third-order valence-electron chi connectivity index (χ3n) is 3.95. The number of carboxylic acids is 1. The van der Waals surface area contributed by atoms with Crippen LogP contribution in [0.2, 0.25) is 5.15 Å². The van der Waals surface area contributed by atoms with E-state index in [1.807, 2.05) is 0 Å². The van der Waals surface area contributed by atoms with Crippen LogP contribution in [0.3, 0.4) is 0 Å². The number of rotatable bonds is 6. The van der Waals surface area contributed by atoms with Gasteiger partial charge in [-0.05, 0) is 30.9 Å². The monoisotopic (exact) mass is 375 g/mol. The van der Waals surface area contributed by atoms with Gasteiger partial charge in [0.15, 0.2) is 5.82 Å². The number of halogens is 4. The molecule has 1 saturated carbocycles. The lowest BCUT2D eigenvalue weighted by atomic mass is 10.2. The van der Waals surface area contributed by atoms with E-state index in [9.17, 15) is 18.0 Å². The molecule has 2 aromatic rings. The molecule has 3 rings (SSSR count). The van der Waals surface area contributed by atoms with Gasteiger partial charge in [-0.1, -0.05) is 11.6 Å². The van der Waals surface area contributed by atoms with Gasteiger partial charge >= 0.3 is 12.1 Å². The van der Waals surface area contributed by atoms with Crippen LogP contribution in [0.4, 0.5) is 13.2 Å². The number of carbonyl (C=O) groups is 1. The molecule has 2 atom stereocenters. The molecule has 2 aromatic heterocycles. The first-order valence-corrected chi connectivity index (χ1v) is 7.79. The molecular weight excluding hydrogens is 363 g/mol. The van der Waals surface area contributed by atoms with Gasteiger partial charge in [0.1, 0.15) is 5.15 Å². The fourth-order valence-electron chi connectivity index (χ4n) is 2.51. The van der Waals surface area contributed by atoms with Crippen molar-refractivity contribution in [3.63, 3.8) is 0 Å². The van der Waals surface area contributed by atoms with Gasteiger partial charge in [-0.25, -0.2) is 14.5 Å². The molecule has 2 heterocycles. The van der Waals surface area contributed by atoms with Crippen molar-refractivity contribution in [2.75, 3.05) is 6.61 Å². The third-order valence-corrected chi connectivity index (χ3v) is 4.23. The molecule has 0 radical (unpaired) electrons. The van der Waals surface area contributed by atoms with E-state index < -0.39 is 18.1 Å². The van der Waals surface area contributed by atoms with Gasteiger partial charge in [-0.3, -0.25) is 0 Å². The molecule has 10 heteroatoms. The second kappa shape index (κ2) is 6.55. The largest absolute Gasteiger partial charge is 0.478 e. The second-order valence-corrected chi connectivity index (χ2v) is 6.05. The predicted molar refractivity (Wildman–Crippen MR) is 81.1 cm³/mol. The van der Waals surface area contributed by atoms with E-state index >= 15 is 0 Å². The zero-order chi connectivity index (χ0) is 18.2. The number of aromatic nitrogens is 3. The topological polar surface area (TPSA) is 77.2 Å². The molecule has 0 aliphatic heterocycles. The van der Waals surface area contributed by atoms with E-state index in [0.29, 0.717) is 12.2 Å². The maximum atomic E-state index is 12.4. The minimum absolute atomic E-state index is 0.127. The Hall–Kier alpha value is -2.29. The molecule has 0 bridgehead atoms. The van der Waals surface area contributed by atoms with Crippen molar-refractivity contribution < 1.29 is 27.8 Å². The van der Waals surface area contributed by atoms with Gasteiger partial charge in [-0.15, -0.1) is 5.10 Å². The molecule has 0 aromatic carbocycles. The molecule has 1 N–H and O–H groups in total. The Morgan fingerprint density at radius 2 is 2.16 bits per heavy atom. The van der Waals surface area contributed by atoms with Crippen LogP contribution in [0.1, 0.15) is 23.2 Å². The lowest BCUT2D eigenvalue weighted by molar-refractivity contribution is -0.151. The maximum Gasteiger partial charge on any atom is 0.392 e. The van der Waals surface area contributed by atoms with E-state index in [2.05, 4.69) is 10.1 Å². The Morgan fingerprint density at radius 1 is 1.40 bits per heavy atom. The van der Waals surface area contributed by atoms with Crippen molar-refractivity contribution in [2.24, 2.45) is 11.8 Å². The number of hydrogen-bond donors (Lipinski definition) is 1. The van der Waals surface area contributed by atoms with Crippen LogP contribution in [0, 0.1) is 11.8 Å². The summed E-state index contributed by atoms with van der Waals surface area (Å²) in [6.45, 7) is 0.139. The Labute approximate surface area is 145 Å². The molecule has 0 spiro atoms. The average molecular weight is 376 g/mol. The lowest BCUT2D eigenvalue weighted by Gasteiger charge is -2.06. The highest BCUT2D eigenvalue weighted by Gasteiger charge is 2.55. The molecule has 6 nitrogen and oxygen atoms in total. The smallest absolute Gasteiger partial charge is 0.392 e. The summed E-state index contributed by atoms with van der Waals surface area (Å²) >= 11 is 5.80. The zero-order valence-corrected chi connectivity index (χ0v) is 13.5. The standard InChI is InChI=1S/C15H13ClF3N3O3/c16-13-9(14(23)24)1-2-11(20-13)22-5-3-12(21-22)25-6-4-8-7-10(8)15(17,18)19/h1-3,5,8,10H,4,6-7H2,(H,23,24). The Kier molecular flexibility index (Phi) is 4.59. The summed E-state index contributed by atoms with van der Waals surface area (Å²) in [6, 6.07) is 4.28. The van der Waals surface area contributed by atoms with Crippen molar-refractivity contribution in [1.82, 2.24) is 14.8 Å². The van der Waals surface area contributed by atoms with Gasteiger partial charge < -0.3 is 9.84 Å². The van der Waals surface area contributed by atoms with Crippen LogP contribution in [-0.4, -0.2) is 38.6 Å². The Morgan fingerprint density at radius 3 is 2.76 bits per heavy atom. The first-order chi connectivity index (χ1) is 11.8. The summed E-state index contributed by atoms with van der Waals surface area (Å²) in [5.41, 5.74) is -0.127. The highest BCUT2D eigenvalue weighted by molar-refractivity contribution is 6.32. The number of hydrogen-bond acceptors (Lipinski definition) is 4. The quantitative estimate of drug-likeness (QED) is 0.781. The summed E-state index contributed by atoms with van der Waals surface area (Å²) in [5.74, 6) is -2.25. The van der Waals surface area contributed by atoms with Crippen molar-refractivity contribution in [1.29, 1.82) is 0 Å². The van der Waals surface area contributed by atoms with Crippen molar-refractivity contribution in [3.05, 3.63) is 35.1 Å². The first-order valence-electron chi connectivity index (χ1n) is 7.41. The third kappa shape index (κ3) is 4.04. The highest BCUT2D eigenvalue weighted by atomic mass is 35.5. The molecular formula is C15H13ClF3N3O3. The molecule has 0 saturated heterocycles. The molecule has 134 valence electrons. The summed E-state index contributed by atoms with van der Waals surface area (Å²) in [5, 5.41) is 12.8. The van der Waals surface area contributed by atoms with Crippen LogP contribution in [0.15, 0.2) is 24.4 Å². The van der Waals surface area contributed by atoms with E-state index in [1.54, 1.807) is 0 Å². The molecule has 1 fully saturated rings. The zero-order valence-electron chi connectivity index (χ0n) is 12.7. The van der Waals surface area contributed by atoms with Crippen molar-refractivity contribution in [3.8, 4) is 11.7 Å². The number of aromatic carboxylic acids is 1. The van der Waals surface area contributed by atoms with Crippen LogP contribution >= 0.6 is 11.6 Å². The molecule has 0 amide bonds. The van der Waals surface area contributed by atoms with Gasteiger partial charge in [0.05, 0.1) is 18.1 Å². The fraction of sp³-hybridized carbons (Fsp3) is 0.400. The summed E-state index contributed by atoms with van der Waals surface area (Å²) in [4.78, 5) is 14.8. The molecule has 2 unspecified atom stereocenters. The summed E-state index contributed by atoms with van der Waals surface area (Å²) < 4.78 is 44.0. The maximum absolute atomic E-state index is 12.4. The molecule has 1 aliphatic rings. The van der Waals surface area contributed by atoms with E-state index in [4.69, 9.17) is 21.4 Å². The minimum Gasteiger partial charge on any atom is -0.478 e. The Bertz CT molecular complexity index is 794.